The van der Waals surface area contributed by atoms with E-state index in [-0.39, 0.29) is 12.3 Å². The van der Waals surface area contributed by atoms with Crippen molar-refractivity contribution >= 4 is 0 Å². The molecule has 0 saturated carbocycles. The van der Waals surface area contributed by atoms with Gasteiger partial charge >= 0.3 is 0 Å². The van der Waals surface area contributed by atoms with E-state index in [0.29, 0.717) is 0 Å². The van der Waals surface area contributed by atoms with Crippen molar-refractivity contribution in [3.8, 4) is 0 Å². The predicted molar refractivity (Wildman–Crippen MR) is 84.2 cm³/mol. The van der Waals surface area contributed by atoms with Crippen LogP contribution in [0.4, 0.5) is 0 Å². The second-order valence-electron chi connectivity index (χ2n) is 5.48. The lowest BCUT2D eigenvalue weighted by Crippen LogP contribution is -2.44. The van der Waals surface area contributed by atoms with E-state index in [4.69, 9.17) is 9.47 Å². The third kappa shape index (κ3) is 4.58. The lowest BCUT2D eigenvalue weighted by molar-refractivity contribution is -0.122. The van der Waals surface area contributed by atoms with Gasteiger partial charge in [-0.1, -0.05) is 24.6 Å². The molecule has 3 nitrogen and oxygen atoms in total. The second-order valence-corrected chi connectivity index (χ2v) is 5.48. The van der Waals surface area contributed by atoms with Gasteiger partial charge in [0.1, 0.15) is 0 Å². The fourth-order valence-electron chi connectivity index (χ4n) is 2.77. The second kappa shape index (κ2) is 8.40. The molecule has 1 N–H and O–H groups in total. The summed E-state index contributed by atoms with van der Waals surface area (Å²) < 4.78 is 10.9. The van der Waals surface area contributed by atoms with Crippen molar-refractivity contribution < 1.29 is 9.47 Å². The summed E-state index contributed by atoms with van der Waals surface area (Å²) >= 11 is 0. The number of benzene rings is 1. The molecule has 0 radical (unpaired) electrons. The summed E-state index contributed by atoms with van der Waals surface area (Å²) in [7, 11) is 3.40. The van der Waals surface area contributed by atoms with Gasteiger partial charge in [-0.2, -0.15) is 0 Å². The van der Waals surface area contributed by atoms with Gasteiger partial charge in [0.15, 0.2) is 6.29 Å². The minimum Gasteiger partial charge on any atom is -0.354 e. The van der Waals surface area contributed by atoms with Gasteiger partial charge in [-0.05, 0) is 56.8 Å². The van der Waals surface area contributed by atoms with Crippen LogP contribution in [0.5, 0.6) is 0 Å². The summed E-state index contributed by atoms with van der Waals surface area (Å²) in [6.45, 7) is 9.64. The Morgan fingerprint density at radius 2 is 1.60 bits per heavy atom. The fourth-order valence-corrected chi connectivity index (χ4v) is 2.77. The van der Waals surface area contributed by atoms with Crippen LogP contribution < -0.4 is 5.32 Å². The Kier molecular flexibility index (Phi) is 7.20. The van der Waals surface area contributed by atoms with Gasteiger partial charge < -0.3 is 14.8 Å². The van der Waals surface area contributed by atoms with E-state index in [1.54, 1.807) is 14.2 Å². The molecule has 0 aliphatic heterocycles. The van der Waals surface area contributed by atoms with Gasteiger partial charge in [0, 0.05) is 14.2 Å². The van der Waals surface area contributed by atoms with Crippen molar-refractivity contribution in [2.24, 2.45) is 0 Å². The highest BCUT2D eigenvalue weighted by Crippen LogP contribution is 2.19. The van der Waals surface area contributed by atoms with E-state index in [1.807, 2.05) is 0 Å². The summed E-state index contributed by atoms with van der Waals surface area (Å²) in [6, 6.07) is 4.66. The Morgan fingerprint density at radius 1 is 1.05 bits per heavy atom. The summed E-state index contributed by atoms with van der Waals surface area (Å²) in [6.07, 6.45) is 1.80. The van der Waals surface area contributed by atoms with E-state index >= 15 is 0 Å². The molecule has 1 aromatic carbocycles. The number of aryl methyl sites for hydroxylation is 3. The molecule has 114 valence electrons. The Morgan fingerprint density at radius 3 is 2.05 bits per heavy atom. The van der Waals surface area contributed by atoms with Gasteiger partial charge in [0.25, 0.3) is 0 Å². The lowest BCUT2D eigenvalue weighted by Gasteiger charge is -2.27. The summed E-state index contributed by atoms with van der Waals surface area (Å²) in [5, 5.41) is 3.54. The molecule has 1 rings (SSSR count). The third-order valence-corrected chi connectivity index (χ3v) is 3.71. The maximum Gasteiger partial charge on any atom is 0.172 e. The molecule has 0 aliphatic carbocycles. The Balaban J connectivity index is 2.94. The molecule has 0 fully saturated rings. The molecule has 0 aromatic heterocycles. The average Bonchev–Trinajstić information content (AvgIpc) is 2.40. The summed E-state index contributed by atoms with van der Waals surface area (Å²) in [5.41, 5.74) is 5.40. The van der Waals surface area contributed by atoms with E-state index in [1.165, 1.54) is 22.3 Å². The van der Waals surface area contributed by atoms with Crippen LogP contribution in [0.1, 0.15) is 35.6 Å². The minimum absolute atomic E-state index is 0.171. The number of nitrogens with one attached hydrogen (secondary N) is 1. The zero-order valence-electron chi connectivity index (χ0n) is 13.7. The van der Waals surface area contributed by atoms with E-state index in [2.05, 4.69) is 45.1 Å². The largest absolute Gasteiger partial charge is 0.354 e. The monoisotopic (exact) mass is 279 g/mol. The number of rotatable bonds is 8. The highest BCUT2D eigenvalue weighted by Gasteiger charge is 2.22. The maximum absolute atomic E-state index is 5.45. The minimum atomic E-state index is -0.221. The van der Waals surface area contributed by atoms with Crippen LogP contribution in [0, 0.1) is 20.8 Å². The van der Waals surface area contributed by atoms with Gasteiger partial charge in [-0.3, -0.25) is 0 Å². The predicted octanol–water partition coefficient (Wildman–Crippen LogP) is 3.14. The number of hydrogen-bond acceptors (Lipinski definition) is 3. The quantitative estimate of drug-likeness (QED) is 0.742. The van der Waals surface area contributed by atoms with Crippen molar-refractivity contribution in [3.05, 3.63) is 34.4 Å². The van der Waals surface area contributed by atoms with Crippen LogP contribution in [0.2, 0.25) is 0 Å². The van der Waals surface area contributed by atoms with Gasteiger partial charge in [-0.25, -0.2) is 0 Å². The van der Waals surface area contributed by atoms with E-state index in [9.17, 15) is 0 Å². The molecule has 3 heteroatoms. The molecule has 0 spiro atoms. The molecule has 0 heterocycles. The van der Waals surface area contributed by atoms with Crippen LogP contribution in [0.3, 0.4) is 0 Å². The van der Waals surface area contributed by atoms with Crippen LogP contribution in [0.25, 0.3) is 0 Å². The molecule has 1 aromatic rings. The van der Waals surface area contributed by atoms with Gasteiger partial charge in [0.2, 0.25) is 0 Å². The number of ether oxygens (including phenoxy) is 2. The Hall–Kier alpha value is -0.900. The average molecular weight is 279 g/mol. The molecule has 1 unspecified atom stereocenters. The third-order valence-electron chi connectivity index (χ3n) is 3.71. The first-order chi connectivity index (χ1) is 9.53. The lowest BCUT2D eigenvalue weighted by atomic mass is 9.94. The number of hydrogen-bond donors (Lipinski definition) is 1. The van der Waals surface area contributed by atoms with Crippen LogP contribution in [-0.4, -0.2) is 33.1 Å². The van der Waals surface area contributed by atoms with Crippen molar-refractivity contribution in [1.29, 1.82) is 0 Å². The topological polar surface area (TPSA) is 30.5 Å². The molecule has 1 atom stereocenters. The zero-order chi connectivity index (χ0) is 15.1. The van der Waals surface area contributed by atoms with Crippen molar-refractivity contribution in [2.45, 2.75) is 52.9 Å². The van der Waals surface area contributed by atoms with Crippen LogP contribution >= 0.6 is 0 Å². The van der Waals surface area contributed by atoms with E-state index < -0.39 is 0 Å². The first-order valence-electron chi connectivity index (χ1n) is 7.39. The fraction of sp³-hybridized carbons (Fsp3) is 0.647. The van der Waals surface area contributed by atoms with Gasteiger partial charge in [0.05, 0.1) is 6.04 Å². The molecule has 0 bridgehead atoms. The summed E-state index contributed by atoms with van der Waals surface area (Å²) in [5.74, 6) is 0. The smallest absolute Gasteiger partial charge is 0.172 e. The first kappa shape index (κ1) is 17.2. The molecule has 20 heavy (non-hydrogen) atoms. The number of methoxy groups -OCH3 is 2. The van der Waals surface area contributed by atoms with Crippen molar-refractivity contribution in [3.63, 3.8) is 0 Å². The van der Waals surface area contributed by atoms with Crippen LogP contribution in [-0.2, 0) is 15.9 Å². The van der Waals surface area contributed by atoms with Gasteiger partial charge in [-0.15, -0.1) is 0 Å². The Labute approximate surface area is 123 Å². The highest BCUT2D eigenvalue weighted by atomic mass is 16.7. The summed E-state index contributed by atoms with van der Waals surface area (Å²) in [4.78, 5) is 0. The SMILES string of the molecule is CCCNC(Cc1c(C)cc(C)cc1C)C(OC)OC. The Bertz CT molecular complexity index is 390. The maximum atomic E-state index is 5.45. The van der Waals surface area contributed by atoms with Crippen molar-refractivity contribution in [1.82, 2.24) is 5.32 Å². The molecule has 0 aliphatic rings. The normalized spacial score (nSPS) is 12.9. The van der Waals surface area contributed by atoms with E-state index in [0.717, 1.165) is 19.4 Å². The standard InChI is InChI=1S/C17H29NO2/c1-7-8-18-16(17(19-5)20-6)11-15-13(3)9-12(2)10-14(15)4/h9-10,16-18H,7-8,11H2,1-6H3. The zero-order valence-corrected chi connectivity index (χ0v) is 13.7. The molecular formula is C17H29NO2. The van der Waals surface area contributed by atoms with Crippen LogP contribution in [0.15, 0.2) is 12.1 Å². The van der Waals surface area contributed by atoms with Crippen molar-refractivity contribution in [2.75, 3.05) is 20.8 Å². The molecule has 0 saturated heterocycles. The molecule has 0 amide bonds. The highest BCUT2D eigenvalue weighted by molar-refractivity contribution is 5.38. The first-order valence-corrected chi connectivity index (χ1v) is 7.39. The molecular weight excluding hydrogens is 250 g/mol.